The summed E-state index contributed by atoms with van der Waals surface area (Å²) in [5, 5.41) is 8.57. The summed E-state index contributed by atoms with van der Waals surface area (Å²) >= 11 is 7.90. The van der Waals surface area contributed by atoms with E-state index in [0.717, 1.165) is 39.2 Å². The standard InChI is InChI=1S/C22H21ClN4OS/c1-4-16-6-8-21(29-16)20-10-18(17-9-15(23)5-7-19(17)26-20)22(28)24-11-14-12-25-27(3)13(14)2/h5-10,12H,4,11H2,1-3H3,(H,24,28). The van der Waals surface area contributed by atoms with E-state index < -0.39 is 0 Å². The van der Waals surface area contributed by atoms with Gasteiger partial charge in [-0.15, -0.1) is 11.3 Å². The molecule has 5 nitrogen and oxygen atoms in total. The summed E-state index contributed by atoms with van der Waals surface area (Å²) in [4.78, 5) is 20.2. The quantitative estimate of drug-likeness (QED) is 0.482. The molecule has 0 aliphatic carbocycles. The van der Waals surface area contributed by atoms with Gasteiger partial charge in [0.05, 0.1) is 27.8 Å². The predicted molar refractivity (Wildman–Crippen MR) is 119 cm³/mol. The van der Waals surface area contributed by atoms with Gasteiger partial charge in [0.15, 0.2) is 0 Å². The normalized spacial score (nSPS) is 11.2. The maximum atomic E-state index is 13.1. The average Bonchev–Trinajstić information content (AvgIpc) is 3.33. The predicted octanol–water partition coefficient (Wildman–Crippen LogP) is 5.15. The summed E-state index contributed by atoms with van der Waals surface area (Å²) in [6, 6.07) is 11.5. The highest BCUT2D eigenvalue weighted by molar-refractivity contribution is 7.15. The third kappa shape index (κ3) is 3.91. The van der Waals surface area contributed by atoms with Gasteiger partial charge in [0.25, 0.3) is 5.91 Å². The van der Waals surface area contributed by atoms with Crippen molar-refractivity contribution < 1.29 is 4.79 Å². The van der Waals surface area contributed by atoms with Crippen molar-refractivity contribution in [3.63, 3.8) is 0 Å². The number of fused-ring (bicyclic) bond motifs is 1. The Morgan fingerprint density at radius 2 is 2.07 bits per heavy atom. The Hall–Kier alpha value is -2.70. The van der Waals surface area contributed by atoms with Crippen LogP contribution in [0.4, 0.5) is 0 Å². The highest BCUT2D eigenvalue weighted by Gasteiger charge is 2.16. The molecule has 0 spiro atoms. The van der Waals surface area contributed by atoms with Crippen molar-refractivity contribution in [2.24, 2.45) is 7.05 Å². The average molecular weight is 425 g/mol. The van der Waals surface area contributed by atoms with E-state index in [0.29, 0.717) is 17.1 Å². The fraction of sp³-hybridized carbons (Fsp3) is 0.227. The van der Waals surface area contributed by atoms with E-state index in [-0.39, 0.29) is 5.91 Å². The molecular weight excluding hydrogens is 404 g/mol. The lowest BCUT2D eigenvalue weighted by molar-refractivity contribution is 0.0952. The van der Waals surface area contributed by atoms with Crippen LogP contribution in [0.15, 0.2) is 42.6 Å². The zero-order chi connectivity index (χ0) is 20.5. The molecule has 3 heterocycles. The van der Waals surface area contributed by atoms with Crippen molar-refractivity contribution in [2.75, 3.05) is 0 Å². The number of nitrogens with zero attached hydrogens (tertiary/aromatic N) is 3. The lowest BCUT2D eigenvalue weighted by Gasteiger charge is -2.10. The van der Waals surface area contributed by atoms with Gasteiger partial charge in [-0.05, 0) is 49.7 Å². The number of benzene rings is 1. The number of aryl methyl sites for hydroxylation is 2. The number of carbonyl (C=O) groups excluding carboxylic acids is 1. The molecule has 4 rings (SSSR count). The van der Waals surface area contributed by atoms with Crippen LogP contribution >= 0.6 is 22.9 Å². The van der Waals surface area contributed by atoms with E-state index >= 15 is 0 Å². The number of thiophene rings is 1. The van der Waals surface area contributed by atoms with E-state index in [4.69, 9.17) is 16.6 Å². The summed E-state index contributed by atoms with van der Waals surface area (Å²) in [6.07, 6.45) is 2.76. The Bertz CT molecular complexity index is 1210. The van der Waals surface area contributed by atoms with Gasteiger partial charge in [0, 0.05) is 40.1 Å². The van der Waals surface area contributed by atoms with Crippen LogP contribution in [0, 0.1) is 6.92 Å². The Morgan fingerprint density at radius 3 is 2.76 bits per heavy atom. The lowest BCUT2D eigenvalue weighted by Crippen LogP contribution is -2.23. The van der Waals surface area contributed by atoms with Crippen molar-refractivity contribution in [1.82, 2.24) is 20.1 Å². The summed E-state index contributed by atoms with van der Waals surface area (Å²) in [5.74, 6) is -0.156. The molecule has 1 N–H and O–H groups in total. The largest absolute Gasteiger partial charge is 0.348 e. The number of pyridine rings is 1. The minimum Gasteiger partial charge on any atom is -0.348 e. The number of hydrogen-bond donors (Lipinski definition) is 1. The van der Waals surface area contributed by atoms with Crippen LogP contribution in [-0.2, 0) is 20.0 Å². The number of amides is 1. The van der Waals surface area contributed by atoms with Crippen molar-refractivity contribution >= 4 is 39.7 Å². The van der Waals surface area contributed by atoms with Crippen LogP contribution in [0.5, 0.6) is 0 Å². The first kappa shape index (κ1) is 19.6. The first-order valence-electron chi connectivity index (χ1n) is 9.41. The molecule has 0 fully saturated rings. The number of hydrogen-bond acceptors (Lipinski definition) is 4. The van der Waals surface area contributed by atoms with Crippen LogP contribution in [-0.4, -0.2) is 20.7 Å². The summed E-state index contributed by atoms with van der Waals surface area (Å²) < 4.78 is 1.79. The second kappa shape index (κ2) is 7.97. The van der Waals surface area contributed by atoms with Gasteiger partial charge in [-0.1, -0.05) is 18.5 Å². The molecule has 0 aliphatic heterocycles. The molecule has 0 bridgehead atoms. The first-order valence-corrected chi connectivity index (χ1v) is 10.6. The van der Waals surface area contributed by atoms with Gasteiger partial charge in [-0.25, -0.2) is 4.98 Å². The maximum Gasteiger partial charge on any atom is 0.252 e. The van der Waals surface area contributed by atoms with E-state index in [1.165, 1.54) is 4.88 Å². The monoisotopic (exact) mass is 424 g/mol. The zero-order valence-corrected chi connectivity index (χ0v) is 18.1. The number of aromatic nitrogens is 3. The van der Waals surface area contributed by atoms with Crippen LogP contribution in [0.25, 0.3) is 21.5 Å². The number of carbonyl (C=O) groups is 1. The molecular formula is C22H21ClN4OS. The van der Waals surface area contributed by atoms with Gasteiger partial charge in [0.2, 0.25) is 0 Å². The number of nitrogens with one attached hydrogen (secondary N) is 1. The first-order chi connectivity index (χ1) is 14.0. The summed E-state index contributed by atoms with van der Waals surface area (Å²) in [6.45, 7) is 4.53. The van der Waals surface area contributed by atoms with Crippen molar-refractivity contribution in [1.29, 1.82) is 0 Å². The molecule has 0 saturated carbocycles. The molecule has 1 aromatic carbocycles. The summed E-state index contributed by atoms with van der Waals surface area (Å²) in [7, 11) is 1.89. The Balaban J connectivity index is 1.73. The van der Waals surface area contributed by atoms with Crippen LogP contribution in [0.1, 0.15) is 33.4 Å². The molecule has 29 heavy (non-hydrogen) atoms. The molecule has 0 radical (unpaired) electrons. The van der Waals surface area contributed by atoms with E-state index in [1.807, 2.05) is 26.1 Å². The van der Waals surface area contributed by atoms with Crippen molar-refractivity contribution in [3.05, 3.63) is 69.3 Å². The van der Waals surface area contributed by atoms with Crippen molar-refractivity contribution in [2.45, 2.75) is 26.8 Å². The second-order valence-electron chi connectivity index (χ2n) is 6.90. The van der Waals surface area contributed by atoms with Crippen molar-refractivity contribution in [3.8, 4) is 10.6 Å². The highest BCUT2D eigenvalue weighted by atomic mass is 35.5. The minimum absolute atomic E-state index is 0.156. The van der Waals surface area contributed by atoms with Crippen LogP contribution in [0.3, 0.4) is 0 Å². The van der Waals surface area contributed by atoms with Crippen LogP contribution in [0.2, 0.25) is 5.02 Å². The van der Waals surface area contributed by atoms with E-state index in [2.05, 4.69) is 29.5 Å². The van der Waals surface area contributed by atoms with Gasteiger partial charge in [-0.2, -0.15) is 5.10 Å². The third-order valence-electron chi connectivity index (χ3n) is 5.05. The van der Waals surface area contributed by atoms with E-state index in [9.17, 15) is 4.79 Å². The zero-order valence-electron chi connectivity index (χ0n) is 16.5. The fourth-order valence-electron chi connectivity index (χ4n) is 3.21. The smallest absolute Gasteiger partial charge is 0.252 e. The molecule has 3 aromatic heterocycles. The fourth-order valence-corrected chi connectivity index (χ4v) is 4.29. The molecule has 1 amide bonds. The highest BCUT2D eigenvalue weighted by Crippen LogP contribution is 2.31. The van der Waals surface area contributed by atoms with E-state index in [1.54, 1.807) is 34.3 Å². The molecule has 0 unspecified atom stereocenters. The molecule has 148 valence electrons. The molecule has 0 atom stereocenters. The molecule has 4 aromatic rings. The Labute approximate surface area is 178 Å². The second-order valence-corrected chi connectivity index (χ2v) is 8.50. The maximum absolute atomic E-state index is 13.1. The molecule has 7 heteroatoms. The van der Waals surface area contributed by atoms with Gasteiger partial charge in [-0.3, -0.25) is 9.48 Å². The van der Waals surface area contributed by atoms with Gasteiger partial charge >= 0.3 is 0 Å². The van der Waals surface area contributed by atoms with Crippen LogP contribution < -0.4 is 5.32 Å². The molecule has 0 saturated heterocycles. The number of rotatable bonds is 5. The topological polar surface area (TPSA) is 59.8 Å². The Kier molecular flexibility index (Phi) is 5.39. The van der Waals surface area contributed by atoms with Gasteiger partial charge in [0.1, 0.15) is 0 Å². The molecule has 0 aliphatic rings. The van der Waals surface area contributed by atoms with Gasteiger partial charge < -0.3 is 5.32 Å². The summed E-state index contributed by atoms with van der Waals surface area (Å²) in [5.41, 5.74) is 4.14. The Morgan fingerprint density at radius 1 is 1.24 bits per heavy atom. The SMILES string of the molecule is CCc1ccc(-c2cc(C(=O)NCc3cnn(C)c3C)c3cc(Cl)ccc3n2)s1. The third-order valence-corrected chi connectivity index (χ3v) is 6.54. The lowest BCUT2D eigenvalue weighted by atomic mass is 10.1. The number of halogens is 1. The minimum atomic E-state index is -0.156.